The summed E-state index contributed by atoms with van der Waals surface area (Å²) in [7, 11) is 0. The second-order valence-corrected chi connectivity index (χ2v) is 13.4. The zero-order chi connectivity index (χ0) is 31.1. The fourth-order valence-corrected chi connectivity index (χ4v) is 6.66. The predicted molar refractivity (Wildman–Crippen MR) is 191 cm³/mol. The Bertz CT molecular complexity index is 1760. The lowest BCUT2D eigenvalue weighted by Crippen LogP contribution is -2.12. The molecule has 2 nitrogen and oxygen atoms in total. The van der Waals surface area contributed by atoms with Gasteiger partial charge in [-0.1, -0.05) is 152 Å². The number of benzene rings is 5. The Labute approximate surface area is 263 Å². The summed E-state index contributed by atoms with van der Waals surface area (Å²) in [6.45, 7) is 18.1. The van der Waals surface area contributed by atoms with Crippen LogP contribution >= 0.6 is 0 Å². The van der Waals surface area contributed by atoms with E-state index in [0.717, 1.165) is 33.9 Å². The van der Waals surface area contributed by atoms with Gasteiger partial charge >= 0.3 is 0 Å². The molecule has 0 amide bonds. The highest BCUT2D eigenvalue weighted by atomic mass is 14.8. The molecular weight excluding hydrogens is 532 g/mol. The number of hydrogen-bond acceptors (Lipinski definition) is 2. The van der Waals surface area contributed by atoms with E-state index in [2.05, 4.69) is 152 Å². The van der Waals surface area contributed by atoms with Gasteiger partial charge in [-0.25, -0.2) is 9.98 Å². The van der Waals surface area contributed by atoms with Crippen LogP contribution in [0.15, 0.2) is 107 Å². The van der Waals surface area contributed by atoms with Crippen LogP contribution in [0.3, 0.4) is 0 Å². The predicted octanol–water partition coefficient (Wildman–Crippen LogP) is 12.3. The number of aliphatic imine (C=N–C) groups is 2. The summed E-state index contributed by atoms with van der Waals surface area (Å²) in [5.74, 6) is 1.41. The second kappa shape index (κ2) is 12.0. The van der Waals surface area contributed by atoms with Crippen LogP contribution in [0.1, 0.15) is 112 Å². The van der Waals surface area contributed by atoms with Crippen molar-refractivity contribution in [3.8, 4) is 11.1 Å². The van der Waals surface area contributed by atoms with Crippen LogP contribution in [0.5, 0.6) is 0 Å². The Morgan fingerprint density at radius 1 is 0.386 bits per heavy atom. The first kappa shape index (κ1) is 29.8. The van der Waals surface area contributed by atoms with Crippen LogP contribution in [-0.4, -0.2) is 11.4 Å². The van der Waals surface area contributed by atoms with Crippen molar-refractivity contribution in [3.63, 3.8) is 0 Å². The van der Waals surface area contributed by atoms with E-state index < -0.39 is 0 Å². The first-order chi connectivity index (χ1) is 21.2. The van der Waals surface area contributed by atoms with Gasteiger partial charge in [0.05, 0.1) is 22.8 Å². The molecule has 0 saturated carbocycles. The minimum atomic E-state index is 0.354. The molecule has 44 heavy (non-hydrogen) atoms. The van der Waals surface area contributed by atoms with E-state index in [4.69, 9.17) is 9.98 Å². The Balaban J connectivity index is 1.73. The van der Waals surface area contributed by atoms with Gasteiger partial charge in [-0.15, -0.1) is 0 Å². The van der Waals surface area contributed by atoms with E-state index in [1.165, 1.54) is 44.2 Å². The van der Waals surface area contributed by atoms with Gasteiger partial charge in [0.25, 0.3) is 0 Å². The number of hydrogen-bond donors (Lipinski definition) is 0. The van der Waals surface area contributed by atoms with Crippen molar-refractivity contribution in [2.75, 3.05) is 0 Å². The monoisotopic (exact) mass is 576 g/mol. The molecule has 0 spiro atoms. The molecule has 2 heteroatoms. The van der Waals surface area contributed by atoms with E-state index in [0.29, 0.717) is 23.7 Å². The van der Waals surface area contributed by atoms with E-state index >= 15 is 0 Å². The number of rotatable bonds is 7. The minimum Gasteiger partial charge on any atom is -0.245 e. The first-order valence-electron chi connectivity index (χ1n) is 16.2. The molecule has 5 aromatic rings. The van der Waals surface area contributed by atoms with E-state index in [1.54, 1.807) is 0 Å². The Morgan fingerprint density at radius 3 is 1.25 bits per heavy atom. The highest BCUT2D eigenvalue weighted by molar-refractivity contribution is 6.61. The third-order valence-corrected chi connectivity index (χ3v) is 8.99. The van der Waals surface area contributed by atoms with Crippen LogP contribution in [0, 0.1) is 0 Å². The lowest BCUT2D eigenvalue weighted by Gasteiger charge is -2.19. The maximum Gasteiger partial charge on any atom is 0.0979 e. The lowest BCUT2D eigenvalue weighted by atomic mass is 9.92. The SMILES string of the molecule is CC(C)c1cccc(C(C)C)c1N=C1C(=Nc2c(C(C)C)cccc2C(C)C)c2ccc(-c3ccccc3)c3cccc1c23. The fraction of sp³-hybridized carbons (Fsp3) is 0.286. The minimum absolute atomic E-state index is 0.354. The molecule has 0 aliphatic heterocycles. The zero-order valence-corrected chi connectivity index (χ0v) is 27.4. The van der Waals surface area contributed by atoms with Crippen LogP contribution in [-0.2, 0) is 0 Å². The first-order valence-corrected chi connectivity index (χ1v) is 16.2. The molecule has 0 heterocycles. The Morgan fingerprint density at radius 2 is 0.795 bits per heavy atom. The van der Waals surface area contributed by atoms with Gasteiger partial charge in [0.15, 0.2) is 0 Å². The van der Waals surface area contributed by atoms with Crippen molar-refractivity contribution in [1.82, 2.24) is 0 Å². The van der Waals surface area contributed by atoms with Crippen molar-refractivity contribution in [1.29, 1.82) is 0 Å². The van der Waals surface area contributed by atoms with Crippen molar-refractivity contribution >= 4 is 33.6 Å². The summed E-state index contributed by atoms with van der Waals surface area (Å²) < 4.78 is 0. The molecule has 222 valence electrons. The van der Waals surface area contributed by atoms with Gasteiger partial charge < -0.3 is 0 Å². The molecule has 0 saturated heterocycles. The van der Waals surface area contributed by atoms with Crippen molar-refractivity contribution in [2.24, 2.45) is 9.98 Å². The third kappa shape index (κ3) is 5.21. The Kier molecular flexibility index (Phi) is 8.12. The highest BCUT2D eigenvalue weighted by Crippen LogP contribution is 2.43. The van der Waals surface area contributed by atoms with Crippen molar-refractivity contribution < 1.29 is 0 Å². The molecule has 1 aliphatic carbocycles. The van der Waals surface area contributed by atoms with Gasteiger partial charge in [0, 0.05) is 16.5 Å². The lowest BCUT2D eigenvalue weighted by molar-refractivity contribution is 0.834. The molecule has 5 aromatic carbocycles. The summed E-state index contributed by atoms with van der Waals surface area (Å²) in [4.78, 5) is 11.3. The molecule has 0 atom stereocenters. The molecule has 6 rings (SSSR count). The molecule has 0 bridgehead atoms. The normalized spacial score (nSPS) is 14.8. The molecule has 0 radical (unpaired) electrons. The molecule has 0 fully saturated rings. The largest absolute Gasteiger partial charge is 0.245 e. The smallest absolute Gasteiger partial charge is 0.0979 e. The quantitative estimate of drug-likeness (QED) is 0.184. The van der Waals surface area contributed by atoms with Crippen molar-refractivity contribution in [3.05, 3.63) is 130 Å². The average molecular weight is 577 g/mol. The van der Waals surface area contributed by atoms with Crippen LogP contribution in [0.25, 0.3) is 21.9 Å². The van der Waals surface area contributed by atoms with Crippen molar-refractivity contribution in [2.45, 2.75) is 79.1 Å². The molecular formula is C42H44N2. The summed E-state index contributed by atoms with van der Waals surface area (Å²) >= 11 is 0. The summed E-state index contributed by atoms with van der Waals surface area (Å²) in [6, 6.07) is 35.3. The molecule has 1 aliphatic rings. The van der Waals surface area contributed by atoms with Gasteiger partial charge in [0.2, 0.25) is 0 Å². The van der Waals surface area contributed by atoms with E-state index in [-0.39, 0.29) is 0 Å². The summed E-state index contributed by atoms with van der Waals surface area (Å²) in [5.41, 5.74) is 14.0. The van der Waals surface area contributed by atoms with Gasteiger partial charge in [-0.3, -0.25) is 0 Å². The zero-order valence-electron chi connectivity index (χ0n) is 27.4. The van der Waals surface area contributed by atoms with Gasteiger partial charge in [0.1, 0.15) is 0 Å². The molecule has 0 aromatic heterocycles. The van der Waals surface area contributed by atoms with Gasteiger partial charge in [-0.2, -0.15) is 0 Å². The second-order valence-electron chi connectivity index (χ2n) is 13.4. The van der Waals surface area contributed by atoms with E-state index in [9.17, 15) is 0 Å². The molecule has 0 N–H and O–H groups in total. The fourth-order valence-electron chi connectivity index (χ4n) is 6.66. The number of para-hydroxylation sites is 2. The Hall–Kier alpha value is -4.30. The topological polar surface area (TPSA) is 24.7 Å². The molecule has 0 unspecified atom stereocenters. The van der Waals surface area contributed by atoms with Crippen LogP contribution in [0.2, 0.25) is 0 Å². The van der Waals surface area contributed by atoms with Crippen LogP contribution in [0.4, 0.5) is 11.4 Å². The van der Waals surface area contributed by atoms with Crippen LogP contribution < -0.4 is 0 Å². The standard InChI is InChI=1S/C42H44N2/c1-25(2)30-17-12-18-31(26(3)4)39(30)43-41-36-22-14-21-35-34(29-15-10-9-11-16-29)23-24-37(38(35)36)42(41)44-40-32(27(5)6)19-13-20-33(40)28(7)8/h9-28H,1-8H3. The highest BCUT2D eigenvalue weighted by Gasteiger charge is 2.30. The maximum atomic E-state index is 5.66. The maximum absolute atomic E-state index is 5.66. The summed E-state index contributed by atoms with van der Waals surface area (Å²) in [6.07, 6.45) is 0. The van der Waals surface area contributed by atoms with Gasteiger partial charge in [-0.05, 0) is 62.4 Å². The third-order valence-electron chi connectivity index (χ3n) is 8.99. The average Bonchev–Trinajstić information content (AvgIpc) is 3.30. The summed E-state index contributed by atoms with van der Waals surface area (Å²) in [5, 5.41) is 2.49. The van der Waals surface area contributed by atoms with E-state index in [1.807, 2.05) is 0 Å². The number of nitrogens with zero attached hydrogens (tertiary/aromatic N) is 2.